The van der Waals surface area contributed by atoms with Crippen molar-refractivity contribution in [2.24, 2.45) is 4.99 Å². The zero-order valence-electron chi connectivity index (χ0n) is 16.2. The summed E-state index contributed by atoms with van der Waals surface area (Å²) in [5.74, 6) is 3.19. The number of benzene rings is 1. The van der Waals surface area contributed by atoms with E-state index in [1.807, 2.05) is 39.0 Å². The van der Waals surface area contributed by atoms with Gasteiger partial charge in [-0.2, -0.15) is 0 Å². The number of ether oxygens (including phenoxy) is 1. The van der Waals surface area contributed by atoms with Gasteiger partial charge in [-0.1, -0.05) is 18.2 Å². The molecule has 1 aliphatic rings. The van der Waals surface area contributed by atoms with Crippen molar-refractivity contribution in [3.05, 3.63) is 47.2 Å². The monoisotopic (exact) mass is 484 g/mol. The Morgan fingerprint density at radius 3 is 2.67 bits per heavy atom. The number of halogens is 1. The van der Waals surface area contributed by atoms with Crippen LogP contribution in [-0.4, -0.2) is 23.6 Å². The normalized spacial score (nSPS) is 14.3. The van der Waals surface area contributed by atoms with E-state index < -0.39 is 0 Å². The fraction of sp³-hybridized carbons (Fsp3) is 0.500. The topological polar surface area (TPSA) is 71.7 Å². The third kappa shape index (κ3) is 6.12. The summed E-state index contributed by atoms with van der Waals surface area (Å²) in [6.45, 7) is 7.76. The minimum absolute atomic E-state index is 0. The number of aliphatic imine (C=N–C) groups is 1. The van der Waals surface area contributed by atoms with Crippen molar-refractivity contribution >= 4 is 29.9 Å². The second-order valence-corrected chi connectivity index (χ2v) is 6.58. The highest BCUT2D eigenvalue weighted by molar-refractivity contribution is 14.0. The van der Waals surface area contributed by atoms with E-state index in [2.05, 4.69) is 26.7 Å². The van der Waals surface area contributed by atoms with E-state index in [0.717, 1.165) is 48.1 Å². The number of aryl methyl sites for hydroxylation is 2. The van der Waals surface area contributed by atoms with E-state index in [9.17, 15) is 0 Å². The SMILES string of the molecule is CCNC(=NCc1ccccc1OC1CCC1)NCc1nc(C)c(C)o1.I. The predicted octanol–water partition coefficient (Wildman–Crippen LogP) is 4.10. The molecular weight excluding hydrogens is 455 g/mol. The van der Waals surface area contributed by atoms with Crippen LogP contribution >= 0.6 is 24.0 Å². The van der Waals surface area contributed by atoms with Crippen LogP contribution in [0.1, 0.15) is 49.1 Å². The van der Waals surface area contributed by atoms with Crippen molar-refractivity contribution in [2.75, 3.05) is 6.54 Å². The summed E-state index contributed by atoms with van der Waals surface area (Å²) < 4.78 is 11.7. The highest BCUT2D eigenvalue weighted by atomic mass is 127. The molecule has 1 heterocycles. The molecule has 0 bridgehead atoms. The number of guanidine groups is 1. The Hall–Kier alpha value is -1.77. The van der Waals surface area contributed by atoms with Crippen LogP contribution < -0.4 is 15.4 Å². The molecule has 0 amide bonds. The molecule has 0 radical (unpaired) electrons. The number of hydrogen-bond acceptors (Lipinski definition) is 4. The van der Waals surface area contributed by atoms with E-state index in [1.54, 1.807) is 0 Å². The number of para-hydroxylation sites is 1. The van der Waals surface area contributed by atoms with Crippen molar-refractivity contribution < 1.29 is 9.15 Å². The molecule has 1 aromatic carbocycles. The lowest BCUT2D eigenvalue weighted by molar-refractivity contribution is 0.119. The molecule has 0 unspecified atom stereocenters. The number of nitrogens with zero attached hydrogens (tertiary/aromatic N) is 2. The summed E-state index contributed by atoms with van der Waals surface area (Å²) in [4.78, 5) is 9.08. The van der Waals surface area contributed by atoms with Crippen LogP contribution in [0.25, 0.3) is 0 Å². The van der Waals surface area contributed by atoms with Crippen LogP contribution in [-0.2, 0) is 13.1 Å². The van der Waals surface area contributed by atoms with Gasteiger partial charge in [0.2, 0.25) is 5.89 Å². The van der Waals surface area contributed by atoms with Crippen LogP contribution in [0, 0.1) is 13.8 Å². The molecule has 3 rings (SSSR count). The number of oxazole rings is 1. The van der Waals surface area contributed by atoms with Gasteiger partial charge in [-0.05, 0) is 46.1 Å². The quantitative estimate of drug-likeness (QED) is 0.352. The number of aromatic nitrogens is 1. The summed E-state index contributed by atoms with van der Waals surface area (Å²) in [5, 5.41) is 6.53. The minimum Gasteiger partial charge on any atom is -0.490 e. The molecule has 27 heavy (non-hydrogen) atoms. The smallest absolute Gasteiger partial charge is 0.214 e. The number of rotatable bonds is 7. The largest absolute Gasteiger partial charge is 0.490 e. The van der Waals surface area contributed by atoms with Gasteiger partial charge in [0.05, 0.1) is 24.9 Å². The molecule has 2 N–H and O–H groups in total. The van der Waals surface area contributed by atoms with Crippen molar-refractivity contribution in [3.63, 3.8) is 0 Å². The Balaban J connectivity index is 0.00000261. The molecule has 0 spiro atoms. The summed E-state index contributed by atoms with van der Waals surface area (Å²) >= 11 is 0. The Morgan fingerprint density at radius 2 is 2.04 bits per heavy atom. The van der Waals surface area contributed by atoms with Crippen LogP contribution in [0.3, 0.4) is 0 Å². The first-order chi connectivity index (χ1) is 12.7. The van der Waals surface area contributed by atoms with Crippen molar-refractivity contribution in [1.29, 1.82) is 0 Å². The summed E-state index contributed by atoms with van der Waals surface area (Å²) in [6.07, 6.45) is 3.93. The van der Waals surface area contributed by atoms with E-state index in [0.29, 0.717) is 25.1 Å². The maximum Gasteiger partial charge on any atom is 0.214 e. The molecule has 0 saturated heterocycles. The molecule has 0 atom stereocenters. The fourth-order valence-electron chi connectivity index (χ4n) is 2.70. The second kappa shape index (κ2) is 10.5. The number of hydrogen-bond donors (Lipinski definition) is 2. The Bertz CT molecular complexity index is 737. The van der Waals surface area contributed by atoms with Gasteiger partial charge < -0.3 is 19.8 Å². The van der Waals surface area contributed by atoms with Crippen LogP contribution in [0.4, 0.5) is 0 Å². The third-order valence-electron chi connectivity index (χ3n) is 4.55. The molecule has 1 saturated carbocycles. The molecule has 0 aliphatic heterocycles. The van der Waals surface area contributed by atoms with E-state index in [4.69, 9.17) is 9.15 Å². The van der Waals surface area contributed by atoms with Gasteiger partial charge in [-0.25, -0.2) is 9.98 Å². The lowest BCUT2D eigenvalue weighted by Crippen LogP contribution is -2.36. The van der Waals surface area contributed by atoms with Gasteiger partial charge in [-0.3, -0.25) is 0 Å². The average Bonchev–Trinajstić information content (AvgIpc) is 2.92. The maximum atomic E-state index is 6.08. The fourth-order valence-corrected chi connectivity index (χ4v) is 2.70. The second-order valence-electron chi connectivity index (χ2n) is 6.58. The van der Waals surface area contributed by atoms with Crippen LogP contribution in [0.5, 0.6) is 5.75 Å². The lowest BCUT2D eigenvalue weighted by Gasteiger charge is -2.27. The molecule has 6 nitrogen and oxygen atoms in total. The highest BCUT2D eigenvalue weighted by Crippen LogP contribution is 2.27. The first-order valence-electron chi connectivity index (χ1n) is 9.35. The van der Waals surface area contributed by atoms with Gasteiger partial charge in [0.1, 0.15) is 11.5 Å². The van der Waals surface area contributed by atoms with Crippen LogP contribution in [0.15, 0.2) is 33.7 Å². The van der Waals surface area contributed by atoms with Gasteiger partial charge in [0, 0.05) is 12.1 Å². The molecule has 148 valence electrons. The molecule has 7 heteroatoms. The lowest BCUT2D eigenvalue weighted by atomic mass is 9.96. The van der Waals surface area contributed by atoms with Gasteiger partial charge in [-0.15, -0.1) is 24.0 Å². The van der Waals surface area contributed by atoms with E-state index >= 15 is 0 Å². The Labute approximate surface area is 178 Å². The molecule has 1 fully saturated rings. The van der Waals surface area contributed by atoms with Gasteiger partial charge in [0.25, 0.3) is 0 Å². The van der Waals surface area contributed by atoms with E-state index in [1.165, 1.54) is 6.42 Å². The zero-order valence-corrected chi connectivity index (χ0v) is 18.6. The summed E-state index contributed by atoms with van der Waals surface area (Å²) in [5.41, 5.74) is 2.02. The average molecular weight is 484 g/mol. The van der Waals surface area contributed by atoms with Crippen molar-refractivity contribution in [3.8, 4) is 5.75 Å². The highest BCUT2D eigenvalue weighted by Gasteiger charge is 2.20. The first-order valence-corrected chi connectivity index (χ1v) is 9.35. The van der Waals surface area contributed by atoms with Crippen molar-refractivity contribution in [2.45, 2.75) is 59.2 Å². The maximum absolute atomic E-state index is 6.08. The number of nitrogens with one attached hydrogen (secondary N) is 2. The van der Waals surface area contributed by atoms with Crippen molar-refractivity contribution in [1.82, 2.24) is 15.6 Å². The predicted molar refractivity (Wildman–Crippen MR) is 118 cm³/mol. The molecule has 1 aliphatic carbocycles. The molecule has 2 aromatic rings. The summed E-state index contributed by atoms with van der Waals surface area (Å²) in [6, 6.07) is 8.14. The van der Waals surface area contributed by atoms with Gasteiger partial charge >= 0.3 is 0 Å². The Morgan fingerprint density at radius 1 is 1.26 bits per heavy atom. The first kappa shape index (κ1) is 21.5. The minimum atomic E-state index is 0. The molecular formula is C20H29IN4O2. The van der Waals surface area contributed by atoms with E-state index in [-0.39, 0.29) is 24.0 Å². The zero-order chi connectivity index (χ0) is 18.4. The molecule has 1 aromatic heterocycles. The summed E-state index contributed by atoms with van der Waals surface area (Å²) in [7, 11) is 0. The Kier molecular flexibility index (Phi) is 8.40. The van der Waals surface area contributed by atoms with Crippen LogP contribution in [0.2, 0.25) is 0 Å². The van der Waals surface area contributed by atoms with Gasteiger partial charge in [0.15, 0.2) is 5.96 Å². The standard InChI is InChI=1S/C20H28N4O2.HI/c1-4-21-20(23-13-19-24-14(2)15(3)25-19)22-12-16-8-5-6-11-18(16)26-17-9-7-10-17;/h5-6,8,11,17H,4,7,9-10,12-13H2,1-3H3,(H2,21,22,23);1H. The third-order valence-corrected chi connectivity index (χ3v) is 4.55.